The second kappa shape index (κ2) is 6.19. The Labute approximate surface area is 120 Å². The largest absolute Gasteiger partial charge is 0.468 e. The number of carbonyl (C=O) groups is 1. The molecule has 8 heteroatoms. The van der Waals surface area contributed by atoms with Gasteiger partial charge in [-0.2, -0.15) is 0 Å². The van der Waals surface area contributed by atoms with Crippen molar-refractivity contribution < 1.29 is 22.4 Å². The molecule has 6 nitrogen and oxygen atoms in total. The number of hydrogen-bond acceptors (Lipinski definition) is 7. The van der Waals surface area contributed by atoms with Gasteiger partial charge in [0, 0.05) is 5.38 Å². The molecule has 0 radical (unpaired) electrons. The van der Waals surface area contributed by atoms with Crippen LogP contribution in [0.25, 0.3) is 0 Å². The Morgan fingerprint density at radius 2 is 2.25 bits per heavy atom. The lowest BCUT2D eigenvalue weighted by Gasteiger charge is -1.99. The van der Waals surface area contributed by atoms with Gasteiger partial charge in [-0.05, 0) is 19.1 Å². The van der Waals surface area contributed by atoms with Gasteiger partial charge in [-0.1, -0.05) is 0 Å². The lowest BCUT2D eigenvalue weighted by Crippen LogP contribution is -2.08. The molecule has 2 rings (SSSR count). The van der Waals surface area contributed by atoms with Crippen molar-refractivity contribution in [2.24, 2.45) is 0 Å². The molecule has 0 atom stereocenters. The number of rotatable bonds is 6. The normalized spacial score (nSPS) is 11.4. The van der Waals surface area contributed by atoms with Crippen LogP contribution in [0.2, 0.25) is 0 Å². The van der Waals surface area contributed by atoms with E-state index in [4.69, 9.17) is 9.15 Å². The van der Waals surface area contributed by atoms with E-state index in [0.29, 0.717) is 10.8 Å². The molecular weight excluding hydrogens is 302 g/mol. The van der Waals surface area contributed by atoms with Crippen molar-refractivity contribution >= 4 is 27.1 Å². The molecule has 0 aliphatic rings. The van der Waals surface area contributed by atoms with E-state index in [2.05, 4.69) is 4.98 Å². The van der Waals surface area contributed by atoms with Crippen molar-refractivity contribution in [2.75, 3.05) is 6.61 Å². The summed E-state index contributed by atoms with van der Waals surface area (Å²) in [5, 5.41) is 1.86. The molecule has 2 heterocycles. The summed E-state index contributed by atoms with van der Waals surface area (Å²) in [5.41, 5.74) is 0.139. The zero-order valence-electron chi connectivity index (χ0n) is 10.7. The van der Waals surface area contributed by atoms with Gasteiger partial charge in [-0.25, -0.2) is 18.2 Å². The summed E-state index contributed by atoms with van der Waals surface area (Å²) >= 11 is 1.12. The fraction of sp³-hybridized carbons (Fsp3) is 0.333. The Hall–Kier alpha value is -1.67. The number of furan rings is 1. The van der Waals surface area contributed by atoms with E-state index < -0.39 is 15.8 Å². The number of thiazole rings is 1. The van der Waals surface area contributed by atoms with Gasteiger partial charge in [0.2, 0.25) is 0 Å². The molecule has 0 aliphatic carbocycles. The average Bonchev–Trinajstić information content (AvgIpc) is 3.00. The molecule has 0 saturated carbocycles. The highest BCUT2D eigenvalue weighted by Crippen LogP contribution is 2.17. The summed E-state index contributed by atoms with van der Waals surface area (Å²) in [4.78, 5) is 15.4. The fourth-order valence-electron chi connectivity index (χ4n) is 1.53. The van der Waals surface area contributed by atoms with Crippen LogP contribution in [0.5, 0.6) is 0 Å². The van der Waals surface area contributed by atoms with Crippen molar-refractivity contribution in [3.63, 3.8) is 0 Å². The van der Waals surface area contributed by atoms with E-state index in [-0.39, 0.29) is 23.8 Å². The van der Waals surface area contributed by atoms with Crippen LogP contribution in [0.1, 0.15) is 28.2 Å². The predicted molar refractivity (Wildman–Crippen MR) is 73.1 cm³/mol. The summed E-state index contributed by atoms with van der Waals surface area (Å²) in [7, 11) is -3.38. The van der Waals surface area contributed by atoms with Gasteiger partial charge in [0.05, 0.1) is 12.9 Å². The second-order valence-electron chi connectivity index (χ2n) is 3.96. The van der Waals surface area contributed by atoms with Crippen LogP contribution >= 0.6 is 11.3 Å². The van der Waals surface area contributed by atoms with E-state index >= 15 is 0 Å². The second-order valence-corrected chi connectivity index (χ2v) is 6.97. The molecule has 108 valence electrons. The summed E-state index contributed by atoms with van der Waals surface area (Å²) in [6.07, 6.45) is 1.42. The summed E-state index contributed by atoms with van der Waals surface area (Å²) < 4.78 is 33.7. The third-order valence-electron chi connectivity index (χ3n) is 2.32. The highest BCUT2D eigenvalue weighted by atomic mass is 32.2. The topological polar surface area (TPSA) is 86.5 Å². The first kappa shape index (κ1) is 14.7. The van der Waals surface area contributed by atoms with Crippen LogP contribution in [0.4, 0.5) is 0 Å². The highest BCUT2D eigenvalue weighted by Gasteiger charge is 2.19. The molecule has 0 unspecified atom stereocenters. The molecule has 0 saturated heterocycles. The quantitative estimate of drug-likeness (QED) is 0.758. The molecule has 20 heavy (non-hydrogen) atoms. The summed E-state index contributed by atoms with van der Waals surface area (Å²) in [5.74, 6) is -0.572. The average molecular weight is 315 g/mol. The fourth-order valence-corrected chi connectivity index (χ4v) is 4.03. The number of nitrogens with zero attached hydrogens (tertiary/aromatic N) is 1. The lowest BCUT2D eigenvalue weighted by atomic mass is 10.5. The van der Waals surface area contributed by atoms with Gasteiger partial charge in [0.1, 0.15) is 22.3 Å². The van der Waals surface area contributed by atoms with Crippen LogP contribution in [0.3, 0.4) is 0 Å². The number of esters is 1. The van der Waals surface area contributed by atoms with Crippen molar-refractivity contribution in [1.82, 2.24) is 4.98 Å². The summed E-state index contributed by atoms with van der Waals surface area (Å²) in [6.45, 7) is 1.95. The Bertz CT molecular complexity index is 673. The predicted octanol–water partition coefficient (Wildman–Crippen LogP) is 2.03. The number of sulfone groups is 1. The van der Waals surface area contributed by atoms with E-state index in [1.807, 2.05) is 0 Å². The monoisotopic (exact) mass is 315 g/mol. The lowest BCUT2D eigenvalue weighted by molar-refractivity contribution is 0.0520. The molecule has 0 fully saturated rings. The Morgan fingerprint density at radius 3 is 2.90 bits per heavy atom. The van der Waals surface area contributed by atoms with Crippen molar-refractivity contribution in [3.05, 3.63) is 40.2 Å². The first-order chi connectivity index (χ1) is 9.50. The minimum Gasteiger partial charge on any atom is -0.468 e. The molecule has 2 aromatic rings. The van der Waals surface area contributed by atoms with Crippen LogP contribution < -0.4 is 0 Å². The van der Waals surface area contributed by atoms with Gasteiger partial charge in [0.25, 0.3) is 0 Å². The molecular formula is C12H13NO5S2. The van der Waals surface area contributed by atoms with Crippen LogP contribution in [0, 0.1) is 0 Å². The highest BCUT2D eigenvalue weighted by molar-refractivity contribution is 7.89. The third-order valence-corrected chi connectivity index (χ3v) is 4.79. The molecule has 0 N–H and O–H groups in total. The number of carbonyl (C=O) groups excluding carboxylic acids is 1. The van der Waals surface area contributed by atoms with Gasteiger partial charge < -0.3 is 9.15 Å². The molecule has 0 aliphatic heterocycles. The molecule has 2 aromatic heterocycles. The van der Waals surface area contributed by atoms with Crippen molar-refractivity contribution in [1.29, 1.82) is 0 Å². The Balaban J connectivity index is 2.04. The van der Waals surface area contributed by atoms with Crippen molar-refractivity contribution in [3.8, 4) is 0 Å². The first-order valence-electron chi connectivity index (χ1n) is 5.84. The maximum atomic E-state index is 12.0. The number of aromatic nitrogens is 1. The number of ether oxygens (including phenoxy) is 1. The zero-order valence-corrected chi connectivity index (χ0v) is 12.4. The minimum atomic E-state index is -3.38. The zero-order chi connectivity index (χ0) is 14.6. The van der Waals surface area contributed by atoms with E-state index in [9.17, 15) is 13.2 Å². The number of hydrogen-bond donors (Lipinski definition) is 0. The standard InChI is InChI=1S/C12H13NO5S2/c1-2-17-12(14)10-6-19-11(13-10)8-20(15,16)7-9-4-3-5-18-9/h3-6H,2,7-8H2,1H3. The van der Waals surface area contributed by atoms with Gasteiger partial charge in [-0.3, -0.25) is 0 Å². The maximum absolute atomic E-state index is 12.0. The molecule has 0 amide bonds. The Kier molecular flexibility index (Phi) is 4.56. The van der Waals surface area contributed by atoms with Gasteiger partial charge in [-0.15, -0.1) is 11.3 Å². The first-order valence-corrected chi connectivity index (χ1v) is 8.54. The maximum Gasteiger partial charge on any atom is 0.357 e. The van der Waals surface area contributed by atoms with E-state index in [1.165, 1.54) is 11.6 Å². The summed E-state index contributed by atoms with van der Waals surface area (Å²) in [6, 6.07) is 3.23. The Morgan fingerprint density at radius 1 is 1.45 bits per heavy atom. The minimum absolute atomic E-state index is 0.139. The van der Waals surface area contributed by atoms with E-state index in [1.54, 1.807) is 19.1 Å². The molecule has 0 bridgehead atoms. The van der Waals surface area contributed by atoms with Crippen LogP contribution in [0.15, 0.2) is 28.2 Å². The van der Waals surface area contributed by atoms with Crippen LogP contribution in [-0.4, -0.2) is 26.0 Å². The van der Waals surface area contributed by atoms with Gasteiger partial charge in [0.15, 0.2) is 15.5 Å². The smallest absolute Gasteiger partial charge is 0.357 e. The SMILES string of the molecule is CCOC(=O)c1csc(CS(=O)(=O)Cc2ccco2)n1. The molecule has 0 aromatic carbocycles. The van der Waals surface area contributed by atoms with Gasteiger partial charge >= 0.3 is 5.97 Å². The van der Waals surface area contributed by atoms with E-state index in [0.717, 1.165) is 11.3 Å². The van der Waals surface area contributed by atoms with Crippen LogP contribution in [-0.2, 0) is 26.1 Å². The molecule has 0 spiro atoms. The third kappa shape index (κ3) is 3.91. The van der Waals surface area contributed by atoms with Crippen molar-refractivity contribution in [2.45, 2.75) is 18.4 Å².